The molecule has 0 aromatic carbocycles. The van der Waals surface area contributed by atoms with Gasteiger partial charge < -0.3 is 14.5 Å². The van der Waals surface area contributed by atoms with Gasteiger partial charge in [0.15, 0.2) is 0 Å². The van der Waals surface area contributed by atoms with E-state index in [-0.39, 0.29) is 18.1 Å². The first-order chi connectivity index (χ1) is 10.7. The summed E-state index contributed by atoms with van der Waals surface area (Å²) in [6.07, 6.45) is 4.97. The van der Waals surface area contributed by atoms with Gasteiger partial charge in [-0.1, -0.05) is 0 Å². The SMILES string of the molecule is CN(CC(=O)N1CCO[C@@H]2CCC[C@@H]21)c1ccc(C#N)cn1. The van der Waals surface area contributed by atoms with Gasteiger partial charge in [0.2, 0.25) is 5.91 Å². The minimum atomic E-state index is 0.119. The Labute approximate surface area is 130 Å². The summed E-state index contributed by atoms with van der Waals surface area (Å²) in [6, 6.07) is 5.76. The summed E-state index contributed by atoms with van der Waals surface area (Å²) in [5, 5.41) is 8.79. The molecular formula is C16H20N4O2. The number of rotatable bonds is 3. The highest BCUT2D eigenvalue weighted by Crippen LogP contribution is 2.29. The summed E-state index contributed by atoms with van der Waals surface area (Å²) >= 11 is 0. The largest absolute Gasteiger partial charge is 0.374 e. The number of carbonyl (C=O) groups is 1. The molecule has 116 valence electrons. The van der Waals surface area contributed by atoms with Crippen molar-refractivity contribution in [1.29, 1.82) is 5.26 Å². The van der Waals surface area contributed by atoms with Crippen LogP contribution in [0.2, 0.25) is 0 Å². The summed E-state index contributed by atoms with van der Waals surface area (Å²) in [5.41, 5.74) is 0.519. The topological polar surface area (TPSA) is 69.5 Å². The molecule has 1 aromatic heterocycles. The van der Waals surface area contributed by atoms with E-state index in [0.29, 0.717) is 31.1 Å². The lowest BCUT2D eigenvalue weighted by atomic mass is 10.1. The number of morpholine rings is 1. The Morgan fingerprint density at radius 2 is 2.41 bits per heavy atom. The zero-order valence-corrected chi connectivity index (χ0v) is 12.7. The van der Waals surface area contributed by atoms with Crippen LogP contribution in [0.4, 0.5) is 5.82 Å². The van der Waals surface area contributed by atoms with Gasteiger partial charge in [0.05, 0.1) is 30.9 Å². The average Bonchev–Trinajstić information content (AvgIpc) is 3.03. The van der Waals surface area contributed by atoms with Crippen molar-refractivity contribution in [2.75, 3.05) is 31.6 Å². The molecule has 0 N–H and O–H groups in total. The fourth-order valence-electron chi connectivity index (χ4n) is 3.29. The van der Waals surface area contributed by atoms with E-state index in [1.54, 1.807) is 12.1 Å². The van der Waals surface area contributed by atoms with Gasteiger partial charge in [-0.05, 0) is 31.4 Å². The lowest BCUT2D eigenvalue weighted by molar-refractivity contribution is -0.142. The summed E-state index contributed by atoms with van der Waals surface area (Å²) < 4.78 is 5.75. The number of fused-ring (bicyclic) bond motifs is 1. The minimum Gasteiger partial charge on any atom is -0.374 e. The average molecular weight is 300 g/mol. The zero-order chi connectivity index (χ0) is 15.5. The van der Waals surface area contributed by atoms with Crippen molar-refractivity contribution < 1.29 is 9.53 Å². The van der Waals surface area contributed by atoms with E-state index in [4.69, 9.17) is 10.00 Å². The number of hydrogen-bond acceptors (Lipinski definition) is 5. The second-order valence-electron chi connectivity index (χ2n) is 5.87. The Bertz CT molecular complexity index is 581. The van der Waals surface area contributed by atoms with Crippen LogP contribution in [0.5, 0.6) is 0 Å². The number of likely N-dealkylation sites (N-methyl/N-ethyl adjacent to an activating group) is 1. The van der Waals surface area contributed by atoms with E-state index < -0.39 is 0 Å². The Morgan fingerprint density at radius 1 is 1.55 bits per heavy atom. The molecule has 0 bridgehead atoms. The molecule has 0 unspecified atom stereocenters. The van der Waals surface area contributed by atoms with Gasteiger partial charge in [0.1, 0.15) is 11.9 Å². The molecular weight excluding hydrogens is 280 g/mol. The standard InChI is InChI=1S/C16H20N4O2/c1-19(15-6-5-12(9-17)10-18-15)11-16(21)20-7-8-22-14-4-2-3-13(14)20/h5-6,10,13-14H,2-4,7-8,11H2,1H3/t13-,14+/m0/s1. The van der Waals surface area contributed by atoms with Gasteiger partial charge in [-0.25, -0.2) is 4.98 Å². The number of anilines is 1. The number of pyridine rings is 1. The molecule has 2 fully saturated rings. The van der Waals surface area contributed by atoms with E-state index in [0.717, 1.165) is 19.3 Å². The van der Waals surface area contributed by atoms with Gasteiger partial charge in [-0.15, -0.1) is 0 Å². The maximum absolute atomic E-state index is 12.6. The summed E-state index contributed by atoms with van der Waals surface area (Å²) in [4.78, 5) is 20.6. The van der Waals surface area contributed by atoms with E-state index >= 15 is 0 Å². The van der Waals surface area contributed by atoms with Gasteiger partial charge in [-0.2, -0.15) is 5.26 Å². The fraction of sp³-hybridized carbons (Fsp3) is 0.562. The molecule has 1 amide bonds. The first-order valence-corrected chi connectivity index (χ1v) is 7.67. The third kappa shape index (κ3) is 2.90. The summed E-state index contributed by atoms with van der Waals surface area (Å²) in [7, 11) is 1.85. The Kier molecular flexibility index (Phi) is 4.25. The Balaban J connectivity index is 1.64. The number of carbonyl (C=O) groups excluding carboxylic acids is 1. The number of nitrogens with zero attached hydrogens (tertiary/aromatic N) is 4. The van der Waals surface area contributed by atoms with Crippen LogP contribution >= 0.6 is 0 Å². The quantitative estimate of drug-likeness (QED) is 0.838. The number of amides is 1. The van der Waals surface area contributed by atoms with Gasteiger partial charge >= 0.3 is 0 Å². The molecule has 2 atom stereocenters. The zero-order valence-electron chi connectivity index (χ0n) is 12.7. The maximum atomic E-state index is 12.6. The molecule has 1 aliphatic carbocycles. The predicted molar refractivity (Wildman–Crippen MR) is 81.3 cm³/mol. The van der Waals surface area contributed by atoms with Crippen LogP contribution < -0.4 is 4.90 Å². The molecule has 2 heterocycles. The third-order valence-electron chi connectivity index (χ3n) is 4.44. The number of nitriles is 1. The second-order valence-corrected chi connectivity index (χ2v) is 5.87. The van der Waals surface area contributed by atoms with Crippen molar-refractivity contribution in [2.45, 2.75) is 31.4 Å². The van der Waals surface area contributed by atoms with Crippen LogP contribution in [0.3, 0.4) is 0 Å². The van der Waals surface area contributed by atoms with Crippen LogP contribution in [0.15, 0.2) is 18.3 Å². The molecule has 2 aliphatic rings. The number of ether oxygens (including phenoxy) is 1. The smallest absolute Gasteiger partial charge is 0.242 e. The third-order valence-corrected chi connectivity index (χ3v) is 4.44. The van der Waals surface area contributed by atoms with E-state index in [1.165, 1.54) is 6.20 Å². The van der Waals surface area contributed by atoms with Gasteiger partial charge in [-0.3, -0.25) is 4.79 Å². The first kappa shape index (κ1) is 14.8. The highest BCUT2D eigenvalue weighted by molar-refractivity contribution is 5.81. The van der Waals surface area contributed by atoms with E-state index in [1.807, 2.05) is 22.9 Å². The minimum absolute atomic E-state index is 0.119. The molecule has 0 radical (unpaired) electrons. The Hall–Kier alpha value is -2.13. The van der Waals surface area contributed by atoms with Gasteiger partial charge in [0.25, 0.3) is 0 Å². The summed E-state index contributed by atoms with van der Waals surface area (Å²) in [6.45, 7) is 1.60. The summed E-state index contributed by atoms with van der Waals surface area (Å²) in [5.74, 6) is 0.817. The van der Waals surface area contributed by atoms with Gasteiger partial charge in [0, 0.05) is 19.8 Å². The second kappa shape index (κ2) is 6.32. The molecule has 0 spiro atoms. The lowest BCUT2D eigenvalue weighted by Gasteiger charge is -2.38. The highest BCUT2D eigenvalue weighted by atomic mass is 16.5. The molecule has 3 rings (SSSR count). The van der Waals surface area contributed by atoms with E-state index in [2.05, 4.69) is 4.98 Å². The molecule has 6 heteroatoms. The lowest BCUT2D eigenvalue weighted by Crippen LogP contribution is -2.53. The fourth-order valence-corrected chi connectivity index (χ4v) is 3.29. The molecule has 6 nitrogen and oxygen atoms in total. The van der Waals surface area contributed by atoms with Crippen LogP contribution in [0.25, 0.3) is 0 Å². The van der Waals surface area contributed by atoms with Crippen LogP contribution in [0, 0.1) is 11.3 Å². The van der Waals surface area contributed by atoms with E-state index in [9.17, 15) is 4.79 Å². The highest BCUT2D eigenvalue weighted by Gasteiger charge is 2.38. The monoisotopic (exact) mass is 300 g/mol. The van der Waals surface area contributed by atoms with Crippen LogP contribution in [-0.4, -0.2) is 54.7 Å². The van der Waals surface area contributed by atoms with Crippen molar-refractivity contribution in [1.82, 2.24) is 9.88 Å². The van der Waals surface area contributed by atoms with Crippen molar-refractivity contribution in [3.8, 4) is 6.07 Å². The molecule has 1 aromatic rings. The first-order valence-electron chi connectivity index (χ1n) is 7.67. The molecule has 1 saturated carbocycles. The van der Waals surface area contributed by atoms with Crippen molar-refractivity contribution >= 4 is 11.7 Å². The van der Waals surface area contributed by atoms with Crippen molar-refractivity contribution in [3.05, 3.63) is 23.9 Å². The number of aromatic nitrogens is 1. The maximum Gasteiger partial charge on any atom is 0.242 e. The predicted octanol–water partition coefficient (Wildman–Crippen LogP) is 1.17. The molecule has 1 saturated heterocycles. The van der Waals surface area contributed by atoms with Crippen LogP contribution in [-0.2, 0) is 9.53 Å². The van der Waals surface area contributed by atoms with Crippen LogP contribution in [0.1, 0.15) is 24.8 Å². The molecule has 1 aliphatic heterocycles. The van der Waals surface area contributed by atoms with Crippen molar-refractivity contribution in [3.63, 3.8) is 0 Å². The Morgan fingerprint density at radius 3 is 3.14 bits per heavy atom. The number of hydrogen-bond donors (Lipinski definition) is 0. The molecule has 22 heavy (non-hydrogen) atoms. The van der Waals surface area contributed by atoms with Crippen molar-refractivity contribution in [2.24, 2.45) is 0 Å². The normalized spacial score (nSPS) is 23.7.